The number of aromatic nitrogens is 4. The lowest BCUT2D eigenvalue weighted by Crippen LogP contribution is -2.08. The zero-order valence-electron chi connectivity index (χ0n) is 8.15. The summed E-state index contributed by atoms with van der Waals surface area (Å²) in [6.45, 7) is 1.07. The van der Waals surface area contributed by atoms with E-state index in [1.54, 1.807) is 23.1 Å². The lowest BCUT2D eigenvalue weighted by molar-refractivity contribution is -0.389. The zero-order valence-corrected chi connectivity index (χ0v) is 8.91. The van der Waals surface area contributed by atoms with E-state index in [1.165, 1.54) is 10.9 Å². The number of hydrogen-bond acceptors (Lipinski definition) is 4. The first-order chi connectivity index (χ1) is 7.66. The van der Waals surface area contributed by atoms with Crippen molar-refractivity contribution in [2.24, 2.45) is 0 Å². The molecule has 2 aromatic rings. The highest BCUT2D eigenvalue weighted by atomic mass is 35.5. The van der Waals surface area contributed by atoms with E-state index in [0.717, 1.165) is 0 Å². The van der Waals surface area contributed by atoms with Crippen LogP contribution in [0, 0.1) is 10.1 Å². The van der Waals surface area contributed by atoms with Crippen molar-refractivity contribution < 1.29 is 4.92 Å². The summed E-state index contributed by atoms with van der Waals surface area (Å²) >= 11 is 5.65. The molecule has 0 fully saturated rings. The maximum Gasteiger partial charge on any atom is 0.408 e. The van der Waals surface area contributed by atoms with Crippen LogP contribution in [0.4, 0.5) is 5.82 Å². The molecule has 0 N–H and O–H groups in total. The average molecular weight is 242 g/mol. The maximum atomic E-state index is 10.5. The van der Waals surface area contributed by atoms with Crippen molar-refractivity contribution in [2.45, 2.75) is 13.1 Å². The summed E-state index contributed by atoms with van der Waals surface area (Å²) in [7, 11) is 0. The Morgan fingerprint density at radius 3 is 2.75 bits per heavy atom. The number of nitrogens with zero attached hydrogens (tertiary/aromatic N) is 5. The number of hydrogen-bond donors (Lipinski definition) is 0. The molecule has 0 saturated carbocycles. The molecule has 0 amide bonds. The van der Waals surface area contributed by atoms with E-state index in [-0.39, 0.29) is 10.8 Å². The molecule has 0 aliphatic heterocycles. The molecule has 16 heavy (non-hydrogen) atoms. The van der Waals surface area contributed by atoms with Crippen molar-refractivity contribution in [1.29, 1.82) is 0 Å². The summed E-state index contributed by atoms with van der Waals surface area (Å²) in [6.07, 6.45) is 4.90. The predicted octanol–water partition coefficient (Wildman–Crippen LogP) is 1.34. The highest BCUT2D eigenvalue weighted by Gasteiger charge is 2.18. The summed E-state index contributed by atoms with van der Waals surface area (Å²) < 4.78 is 3.14. The third-order valence-electron chi connectivity index (χ3n) is 1.99. The first-order valence-electron chi connectivity index (χ1n) is 4.51. The molecule has 0 radical (unpaired) electrons. The third-order valence-corrected chi connectivity index (χ3v) is 2.26. The van der Waals surface area contributed by atoms with Crippen LogP contribution in [-0.2, 0) is 13.1 Å². The maximum absolute atomic E-state index is 10.5. The summed E-state index contributed by atoms with van der Waals surface area (Å²) in [5.74, 6) is -0.317. The van der Waals surface area contributed by atoms with Gasteiger partial charge in [0.1, 0.15) is 0 Å². The van der Waals surface area contributed by atoms with Crippen molar-refractivity contribution in [2.75, 3.05) is 0 Å². The van der Waals surface area contributed by atoms with E-state index in [9.17, 15) is 10.1 Å². The molecule has 84 valence electrons. The van der Waals surface area contributed by atoms with Crippen LogP contribution < -0.4 is 0 Å². The molecule has 2 heterocycles. The van der Waals surface area contributed by atoms with Gasteiger partial charge in [0.2, 0.25) is 0 Å². The van der Waals surface area contributed by atoms with Crippen LogP contribution in [0.1, 0.15) is 0 Å². The van der Waals surface area contributed by atoms with Crippen molar-refractivity contribution in [1.82, 2.24) is 19.6 Å². The van der Waals surface area contributed by atoms with Crippen molar-refractivity contribution in [3.8, 4) is 0 Å². The summed E-state index contributed by atoms with van der Waals surface area (Å²) in [5.41, 5.74) is 0. The molecule has 0 bridgehead atoms. The van der Waals surface area contributed by atoms with Crippen LogP contribution in [0.25, 0.3) is 0 Å². The van der Waals surface area contributed by atoms with Gasteiger partial charge in [-0.25, -0.2) is 0 Å². The third kappa shape index (κ3) is 2.19. The minimum absolute atomic E-state index is 0.0467. The molecule has 0 unspecified atom stereocenters. The number of rotatable bonds is 4. The molecule has 0 atom stereocenters. The number of nitro groups is 1. The van der Waals surface area contributed by atoms with Gasteiger partial charge in [-0.1, -0.05) is 11.6 Å². The van der Waals surface area contributed by atoms with Gasteiger partial charge in [-0.05, 0) is 11.0 Å². The largest absolute Gasteiger partial charge is 0.408 e. The molecular formula is C8H8ClN5O2. The van der Waals surface area contributed by atoms with Gasteiger partial charge in [-0.15, -0.1) is 0 Å². The molecular weight excluding hydrogens is 234 g/mol. The Bertz CT molecular complexity index is 493. The first-order valence-corrected chi connectivity index (χ1v) is 4.89. The Morgan fingerprint density at radius 2 is 2.19 bits per heavy atom. The highest BCUT2D eigenvalue weighted by molar-refractivity contribution is 6.32. The van der Waals surface area contributed by atoms with Gasteiger partial charge in [0, 0.05) is 12.4 Å². The van der Waals surface area contributed by atoms with Crippen LogP contribution in [0.2, 0.25) is 5.02 Å². The Morgan fingerprint density at radius 1 is 1.44 bits per heavy atom. The molecule has 0 aliphatic carbocycles. The van der Waals surface area contributed by atoms with Gasteiger partial charge >= 0.3 is 5.82 Å². The van der Waals surface area contributed by atoms with Gasteiger partial charge in [0.05, 0.1) is 24.4 Å². The fourth-order valence-electron chi connectivity index (χ4n) is 1.26. The van der Waals surface area contributed by atoms with E-state index in [0.29, 0.717) is 13.1 Å². The Labute approximate surface area is 95.4 Å². The molecule has 2 aromatic heterocycles. The minimum atomic E-state index is -0.604. The molecule has 0 saturated heterocycles. The van der Waals surface area contributed by atoms with Crippen molar-refractivity contribution >= 4 is 17.4 Å². The van der Waals surface area contributed by atoms with Gasteiger partial charge in [0.25, 0.3) is 0 Å². The molecule has 0 aliphatic rings. The molecule has 0 spiro atoms. The average Bonchev–Trinajstić information content (AvgIpc) is 2.83. The Kier molecular flexibility index (Phi) is 2.86. The Hall–Kier alpha value is -1.89. The van der Waals surface area contributed by atoms with Crippen LogP contribution in [0.5, 0.6) is 0 Å². The quantitative estimate of drug-likeness (QED) is 0.598. The van der Waals surface area contributed by atoms with Crippen LogP contribution in [0.3, 0.4) is 0 Å². The van der Waals surface area contributed by atoms with E-state index in [2.05, 4.69) is 10.2 Å². The molecule has 2 rings (SSSR count). The Balaban J connectivity index is 2.05. The van der Waals surface area contributed by atoms with E-state index in [4.69, 9.17) is 11.6 Å². The van der Waals surface area contributed by atoms with Gasteiger partial charge < -0.3 is 10.1 Å². The first kappa shape index (κ1) is 10.6. The summed E-state index contributed by atoms with van der Waals surface area (Å²) in [4.78, 5) is 9.89. The lowest BCUT2D eigenvalue weighted by Gasteiger charge is -1.97. The van der Waals surface area contributed by atoms with Gasteiger partial charge in [-0.2, -0.15) is 9.78 Å². The van der Waals surface area contributed by atoms with Crippen LogP contribution >= 0.6 is 11.6 Å². The standard InChI is InChI=1S/C8H8ClN5O2/c9-7-6-13(11-8(7)14(15)16)5-4-12-3-1-2-10-12/h1-3,6H,4-5H2. The fraction of sp³-hybridized carbons (Fsp3) is 0.250. The SMILES string of the molecule is O=[N+]([O-])c1nn(CCn2cccn2)cc1Cl. The topological polar surface area (TPSA) is 78.8 Å². The normalized spacial score (nSPS) is 10.6. The zero-order chi connectivity index (χ0) is 11.5. The van der Waals surface area contributed by atoms with Crippen LogP contribution in [-0.4, -0.2) is 24.5 Å². The second-order valence-electron chi connectivity index (χ2n) is 3.09. The van der Waals surface area contributed by atoms with Crippen LogP contribution in [0.15, 0.2) is 24.7 Å². The number of aryl methyl sites for hydroxylation is 2. The van der Waals surface area contributed by atoms with E-state index >= 15 is 0 Å². The highest BCUT2D eigenvalue weighted by Crippen LogP contribution is 2.20. The monoisotopic (exact) mass is 241 g/mol. The minimum Gasteiger partial charge on any atom is -0.358 e. The summed E-state index contributed by atoms with van der Waals surface area (Å²) in [5, 5.41) is 18.3. The second-order valence-corrected chi connectivity index (χ2v) is 3.50. The smallest absolute Gasteiger partial charge is 0.358 e. The van der Waals surface area contributed by atoms with Gasteiger partial charge in [-0.3, -0.25) is 4.68 Å². The predicted molar refractivity (Wildman–Crippen MR) is 56.1 cm³/mol. The van der Waals surface area contributed by atoms with Crippen molar-refractivity contribution in [3.05, 3.63) is 39.8 Å². The second kappa shape index (κ2) is 4.31. The summed E-state index contributed by atoms with van der Waals surface area (Å²) in [6, 6.07) is 1.80. The van der Waals surface area contributed by atoms with E-state index < -0.39 is 4.92 Å². The van der Waals surface area contributed by atoms with Gasteiger partial charge in [0.15, 0.2) is 5.02 Å². The molecule has 7 nitrogen and oxygen atoms in total. The van der Waals surface area contributed by atoms with E-state index in [1.807, 2.05) is 0 Å². The molecule has 8 heteroatoms. The fourth-order valence-corrected chi connectivity index (χ4v) is 1.48. The lowest BCUT2D eigenvalue weighted by atomic mass is 10.6. The molecule has 0 aromatic carbocycles. The number of halogens is 1. The van der Waals surface area contributed by atoms with Crippen molar-refractivity contribution in [3.63, 3.8) is 0 Å².